The third-order valence-electron chi connectivity index (χ3n) is 6.60. The first kappa shape index (κ1) is 26.7. The number of aryl methyl sites for hydroxylation is 2. The molecule has 1 heterocycles. The molecule has 1 aliphatic rings. The van der Waals surface area contributed by atoms with Crippen LogP contribution in [0.1, 0.15) is 56.8 Å². The molecule has 1 saturated carbocycles. The van der Waals surface area contributed by atoms with E-state index in [1.54, 1.807) is 0 Å². The summed E-state index contributed by atoms with van der Waals surface area (Å²) in [6.45, 7) is 5.33. The highest BCUT2D eigenvalue weighted by molar-refractivity contribution is 6.42. The maximum absolute atomic E-state index is 6.03. The van der Waals surface area contributed by atoms with Crippen molar-refractivity contribution in [1.82, 2.24) is 15.3 Å². The lowest BCUT2D eigenvalue weighted by Crippen LogP contribution is -2.33. The fourth-order valence-corrected chi connectivity index (χ4v) is 4.90. The highest BCUT2D eigenvalue weighted by atomic mass is 35.5. The molecule has 0 atom stereocenters. The summed E-state index contributed by atoms with van der Waals surface area (Å²) < 4.78 is 0. The number of nitrogens with one attached hydrogen (secondary N) is 1. The van der Waals surface area contributed by atoms with Crippen LogP contribution in [0, 0.1) is 12.8 Å². The van der Waals surface area contributed by atoms with E-state index in [0.717, 1.165) is 53.9 Å². The lowest BCUT2D eigenvalue weighted by atomic mass is 9.84. The Kier molecular flexibility index (Phi) is 10.4. The second-order valence-electron chi connectivity index (χ2n) is 9.44. The van der Waals surface area contributed by atoms with Crippen molar-refractivity contribution in [2.75, 3.05) is 25.5 Å². The van der Waals surface area contributed by atoms with Crippen LogP contribution in [0.4, 0.5) is 5.82 Å². The second-order valence-corrected chi connectivity index (χ2v) is 10.3. The molecular weight excluding hydrogens is 463 g/mol. The number of hydrogen-bond donors (Lipinski definition) is 1. The topological polar surface area (TPSA) is 41.1 Å². The van der Waals surface area contributed by atoms with Crippen molar-refractivity contribution in [3.05, 3.63) is 63.9 Å². The van der Waals surface area contributed by atoms with Gasteiger partial charge in [-0.05, 0) is 87.7 Å². The number of aromatic nitrogens is 2. The number of benzene rings is 2. The van der Waals surface area contributed by atoms with Gasteiger partial charge in [0, 0.05) is 25.5 Å². The van der Waals surface area contributed by atoms with Gasteiger partial charge in [0.25, 0.3) is 0 Å². The van der Waals surface area contributed by atoms with Gasteiger partial charge in [0.15, 0.2) is 0 Å². The lowest BCUT2D eigenvalue weighted by molar-refractivity contribution is 0.286. The van der Waals surface area contributed by atoms with Crippen molar-refractivity contribution in [2.24, 2.45) is 5.92 Å². The van der Waals surface area contributed by atoms with E-state index in [1.807, 2.05) is 62.3 Å². The van der Waals surface area contributed by atoms with Crippen molar-refractivity contribution in [3.63, 3.8) is 0 Å². The van der Waals surface area contributed by atoms with Crippen LogP contribution in [-0.2, 0) is 6.42 Å². The number of hydrogen-bond acceptors (Lipinski definition) is 4. The van der Waals surface area contributed by atoms with Crippen molar-refractivity contribution in [2.45, 2.75) is 64.8 Å². The van der Waals surface area contributed by atoms with E-state index < -0.39 is 0 Å². The lowest BCUT2D eigenvalue weighted by Gasteiger charge is -2.28. The number of halogens is 2. The molecule has 3 aromatic rings. The molecule has 6 heteroatoms. The number of fused-ring (bicyclic) bond motifs is 1. The Balaban J connectivity index is 0.000000202. The quantitative estimate of drug-likeness (QED) is 0.341. The molecule has 2 aromatic carbocycles. The molecule has 0 spiro atoms. The van der Waals surface area contributed by atoms with Crippen LogP contribution in [0.15, 0.2) is 42.5 Å². The summed E-state index contributed by atoms with van der Waals surface area (Å²) in [6.07, 6.45) is 9.09. The third-order valence-corrected chi connectivity index (χ3v) is 7.34. The second kappa shape index (κ2) is 13.3. The van der Waals surface area contributed by atoms with Crippen molar-refractivity contribution < 1.29 is 0 Å². The zero-order chi connectivity index (χ0) is 24.5. The van der Waals surface area contributed by atoms with E-state index in [4.69, 9.17) is 23.2 Å². The van der Waals surface area contributed by atoms with Gasteiger partial charge >= 0.3 is 0 Å². The minimum absolute atomic E-state index is 0.640. The maximum Gasteiger partial charge on any atom is 0.139 e. The average Bonchev–Trinajstić information content (AvgIpc) is 2.84. The Labute approximate surface area is 215 Å². The van der Waals surface area contributed by atoms with Crippen molar-refractivity contribution >= 4 is 39.9 Å². The van der Waals surface area contributed by atoms with E-state index >= 15 is 0 Å². The van der Waals surface area contributed by atoms with Crippen molar-refractivity contribution in [3.8, 4) is 0 Å². The Morgan fingerprint density at radius 2 is 1.71 bits per heavy atom. The normalized spacial score (nSPS) is 17.8. The van der Waals surface area contributed by atoms with Gasteiger partial charge in [-0.1, -0.05) is 54.7 Å². The fraction of sp³-hybridized carbons (Fsp3) is 0.500. The Morgan fingerprint density at radius 3 is 2.38 bits per heavy atom. The first-order valence-corrected chi connectivity index (χ1v) is 13.2. The van der Waals surface area contributed by atoms with Gasteiger partial charge in [0.2, 0.25) is 0 Å². The molecule has 184 valence electrons. The molecule has 34 heavy (non-hydrogen) atoms. The van der Waals surface area contributed by atoms with Crippen LogP contribution in [0.2, 0.25) is 10.0 Å². The highest BCUT2D eigenvalue weighted by Gasteiger charge is 2.19. The number of rotatable bonds is 7. The van der Waals surface area contributed by atoms with E-state index in [2.05, 4.69) is 28.3 Å². The summed E-state index contributed by atoms with van der Waals surface area (Å²) in [7, 11) is 3.99. The fourth-order valence-electron chi connectivity index (χ4n) is 4.58. The zero-order valence-corrected chi connectivity index (χ0v) is 22.5. The van der Waals surface area contributed by atoms with E-state index in [0.29, 0.717) is 10.0 Å². The first-order chi connectivity index (χ1) is 16.4. The molecule has 0 saturated heterocycles. The van der Waals surface area contributed by atoms with Gasteiger partial charge in [0.05, 0.1) is 15.6 Å². The van der Waals surface area contributed by atoms with Gasteiger partial charge in [-0.2, -0.15) is 0 Å². The standard InChI is InChI=1S/C17H25Cl2N.C11H13N3/c1-2-13-5-8-15(9-6-13)20-11-3-4-14-7-10-16(18)17(19)12-14;1-8-12-10-7-5-4-6-9(10)11(13-8)14(2)3/h7,10,12-13,15,20H,2-6,8-9,11H2,1H3;4-7H,1-3H3. The summed E-state index contributed by atoms with van der Waals surface area (Å²) in [5, 5.41) is 6.11. The minimum atomic E-state index is 0.640. The van der Waals surface area contributed by atoms with Crippen LogP contribution in [-0.4, -0.2) is 36.6 Å². The molecule has 0 radical (unpaired) electrons. The van der Waals surface area contributed by atoms with E-state index in [9.17, 15) is 0 Å². The van der Waals surface area contributed by atoms with Gasteiger partial charge in [-0.25, -0.2) is 9.97 Å². The summed E-state index contributed by atoms with van der Waals surface area (Å²) in [6, 6.07) is 14.7. The molecule has 1 N–H and O–H groups in total. The molecule has 0 amide bonds. The smallest absolute Gasteiger partial charge is 0.139 e. The number of para-hydroxylation sites is 1. The van der Waals surface area contributed by atoms with Crippen molar-refractivity contribution in [1.29, 1.82) is 0 Å². The molecule has 0 bridgehead atoms. The molecule has 0 unspecified atom stereocenters. The summed E-state index contributed by atoms with van der Waals surface area (Å²) in [4.78, 5) is 10.8. The molecule has 1 fully saturated rings. The monoisotopic (exact) mass is 500 g/mol. The summed E-state index contributed by atoms with van der Waals surface area (Å²) in [5.41, 5.74) is 2.28. The van der Waals surface area contributed by atoms with Crippen LogP contribution in [0.25, 0.3) is 10.9 Å². The van der Waals surface area contributed by atoms with E-state index in [-0.39, 0.29) is 0 Å². The molecular formula is C28H38Cl2N4. The summed E-state index contributed by atoms with van der Waals surface area (Å²) >= 11 is 12.0. The highest BCUT2D eigenvalue weighted by Crippen LogP contribution is 2.27. The Morgan fingerprint density at radius 1 is 0.971 bits per heavy atom. The van der Waals surface area contributed by atoms with Crippen LogP contribution >= 0.6 is 23.2 Å². The average molecular weight is 502 g/mol. The molecule has 1 aliphatic carbocycles. The van der Waals surface area contributed by atoms with Crippen LogP contribution < -0.4 is 10.2 Å². The Bertz CT molecular complexity index is 1050. The maximum atomic E-state index is 6.03. The van der Waals surface area contributed by atoms with Crippen LogP contribution in [0.3, 0.4) is 0 Å². The molecule has 4 rings (SSSR count). The predicted octanol–water partition coefficient (Wildman–Crippen LogP) is 7.49. The molecule has 1 aromatic heterocycles. The minimum Gasteiger partial charge on any atom is -0.362 e. The SMILES string of the molecule is CCC1CCC(NCCCc2ccc(Cl)c(Cl)c2)CC1.Cc1nc(N(C)C)c2ccccc2n1. The zero-order valence-electron chi connectivity index (χ0n) is 21.0. The van der Waals surface area contributed by atoms with Gasteiger partial charge in [-0.3, -0.25) is 0 Å². The van der Waals surface area contributed by atoms with Gasteiger partial charge in [-0.15, -0.1) is 0 Å². The van der Waals surface area contributed by atoms with Crippen LogP contribution in [0.5, 0.6) is 0 Å². The number of nitrogens with zero attached hydrogens (tertiary/aromatic N) is 3. The van der Waals surface area contributed by atoms with E-state index in [1.165, 1.54) is 37.7 Å². The molecule has 0 aliphatic heterocycles. The molecule has 4 nitrogen and oxygen atoms in total. The van der Waals surface area contributed by atoms with Gasteiger partial charge < -0.3 is 10.2 Å². The largest absolute Gasteiger partial charge is 0.362 e. The first-order valence-electron chi connectivity index (χ1n) is 12.4. The third kappa shape index (κ3) is 7.83. The Hall–Kier alpha value is -1.88. The number of anilines is 1. The van der Waals surface area contributed by atoms with Gasteiger partial charge in [0.1, 0.15) is 11.6 Å². The predicted molar refractivity (Wildman–Crippen MR) is 147 cm³/mol. The summed E-state index contributed by atoms with van der Waals surface area (Å²) in [5.74, 6) is 2.77.